The van der Waals surface area contributed by atoms with E-state index in [2.05, 4.69) is 34.6 Å². The SMILES string of the molecule is OCCc1cn(CC2Cc3ccccc3S2)nn1. The highest BCUT2D eigenvalue weighted by atomic mass is 32.2. The molecule has 1 unspecified atom stereocenters. The molecule has 1 aliphatic rings. The van der Waals surface area contributed by atoms with E-state index in [1.807, 2.05) is 22.6 Å². The minimum absolute atomic E-state index is 0.127. The molecule has 2 heterocycles. The zero-order valence-electron chi connectivity index (χ0n) is 9.99. The van der Waals surface area contributed by atoms with Crippen LogP contribution in [0.15, 0.2) is 35.4 Å². The Hall–Kier alpha value is -1.33. The van der Waals surface area contributed by atoms with E-state index in [1.54, 1.807) is 0 Å². The van der Waals surface area contributed by atoms with Crippen molar-refractivity contribution >= 4 is 11.8 Å². The van der Waals surface area contributed by atoms with Crippen molar-refractivity contribution in [3.63, 3.8) is 0 Å². The Kier molecular flexibility index (Phi) is 3.34. The predicted octanol–water partition coefficient (Wildman–Crippen LogP) is 1.53. The second-order valence-corrected chi connectivity index (χ2v) is 5.80. The first-order valence-electron chi connectivity index (χ1n) is 6.09. The summed E-state index contributed by atoms with van der Waals surface area (Å²) < 4.78 is 1.88. The number of aliphatic hydroxyl groups is 1. The summed E-state index contributed by atoms with van der Waals surface area (Å²) in [6, 6.07) is 8.55. The Labute approximate surface area is 110 Å². The van der Waals surface area contributed by atoms with Gasteiger partial charge in [-0.3, -0.25) is 4.68 Å². The Morgan fingerprint density at radius 2 is 2.28 bits per heavy atom. The molecule has 4 nitrogen and oxygen atoms in total. The quantitative estimate of drug-likeness (QED) is 0.907. The second-order valence-electron chi connectivity index (χ2n) is 4.46. The molecule has 0 amide bonds. The molecule has 0 fully saturated rings. The number of hydrogen-bond acceptors (Lipinski definition) is 4. The van der Waals surface area contributed by atoms with E-state index in [1.165, 1.54) is 10.5 Å². The third-order valence-corrected chi connectivity index (χ3v) is 4.36. The fourth-order valence-corrected chi connectivity index (χ4v) is 3.53. The van der Waals surface area contributed by atoms with Crippen LogP contribution >= 0.6 is 11.8 Å². The van der Waals surface area contributed by atoms with Gasteiger partial charge in [0, 0.05) is 29.4 Å². The monoisotopic (exact) mass is 261 g/mol. The highest BCUT2D eigenvalue weighted by molar-refractivity contribution is 8.00. The molecule has 0 radical (unpaired) electrons. The lowest BCUT2D eigenvalue weighted by molar-refractivity contribution is 0.298. The van der Waals surface area contributed by atoms with Gasteiger partial charge in [0.15, 0.2) is 0 Å². The van der Waals surface area contributed by atoms with Gasteiger partial charge in [-0.15, -0.1) is 16.9 Å². The van der Waals surface area contributed by atoms with Crippen molar-refractivity contribution < 1.29 is 5.11 Å². The Morgan fingerprint density at radius 3 is 3.11 bits per heavy atom. The second kappa shape index (κ2) is 5.12. The number of fused-ring (bicyclic) bond motifs is 1. The molecule has 3 rings (SSSR count). The zero-order valence-corrected chi connectivity index (χ0v) is 10.8. The smallest absolute Gasteiger partial charge is 0.0849 e. The number of hydrogen-bond donors (Lipinski definition) is 1. The third-order valence-electron chi connectivity index (χ3n) is 3.06. The molecule has 0 aliphatic carbocycles. The van der Waals surface area contributed by atoms with Gasteiger partial charge in [0.1, 0.15) is 0 Å². The molecule has 1 aliphatic heterocycles. The van der Waals surface area contributed by atoms with Crippen LogP contribution in [0.25, 0.3) is 0 Å². The lowest BCUT2D eigenvalue weighted by atomic mass is 10.1. The van der Waals surface area contributed by atoms with Crippen molar-refractivity contribution in [3.8, 4) is 0 Å². The highest BCUT2D eigenvalue weighted by Gasteiger charge is 2.22. The van der Waals surface area contributed by atoms with Crippen LogP contribution in [-0.2, 0) is 19.4 Å². The van der Waals surface area contributed by atoms with Crippen LogP contribution in [0.4, 0.5) is 0 Å². The van der Waals surface area contributed by atoms with Gasteiger partial charge < -0.3 is 5.11 Å². The molecule has 0 saturated heterocycles. The molecule has 1 N–H and O–H groups in total. The molecule has 94 valence electrons. The summed E-state index contributed by atoms with van der Waals surface area (Å²) in [5.41, 5.74) is 2.29. The van der Waals surface area contributed by atoms with Gasteiger partial charge in [-0.05, 0) is 18.1 Å². The van der Waals surface area contributed by atoms with E-state index in [9.17, 15) is 0 Å². The average molecular weight is 261 g/mol. The van der Waals surface area contributed by atoms with E-state index in [-0.39, 0.29) is 6.61 Å². The summed E-state index contributed by atoms with van der Waals surface area (Å²) in [7, 11) is 0. The van der Waals surface area contributed by atoms with Crippen molar-refractivity contribution in [2.24, 2.45) is 0 Å². The van der Waals surface area contributed by atoms with Crippen molar-refractivity contribution in [2.45, 2.75) is 29.5 Å². The minimum Gasteiger partial charge on any atom is -0.396 e. The molecule has 5 heteroatoms. The number of nitrogens with zero attached hydrogens (tertiary/aromatic N) is 3. The summed E-state index contributed by atoms with van der Waals surface area (Å²) in [6.45, 7) is 1.00. The standard InChI is InChI=1S/C13H15N3OS/c17-6-5-11-8-16(15-14-11)9-12-7-10-3-1-2-4-13(10)18-12/h1-4,8,12,17H,5-7,9H2. The molecule has 18 heavy (non-hydrogen) atoms. The van der Waals surface area contributed by atoms with E-state index in [4.69, 9.17) is 5.11 Å². The van der Waals surface area contributed by atoms with Crippen LogP contribution < -0.4 is 0 Å². The lowest BCUT2D eigenvalue weighted by Crippen LogP contribution is -2.12. The molecule has 1 atom stereocenters. The van der Waals surface area contributed by atoms with Crippen molar-refractivity contribution in [1.29, 1.82) is 0 Å². The van der Waals surface area contributed by atoms with Crippen molar-refractivity contribution in [3.05, 3.63) is 41.7 Å². The fraction of sp³-hybridized carbons (Fsp3) is 0.385. The number of aliphatic hydroxyl groups excluding tert-OH is 1. The Bertz CT molecular complexity index is 516. The van der Waals surface area contributed by atoms with Crippen molar-refractivity contribution in [1.82, 2.24) is 15.0 Å². The summed E-state index contributed by atoms with van der Waals surface area (Å²) in [5, 5.41) is 17.5. The topological polar surface area (TPSA) is 50.9 Å². The molecule has 1 aromatic heterocycles. The van der Waals surface area contributed by atoms with E-state index in [0.29, 0.717) is 11.7 Å². The van der Waals surface area contributed by atoms with Gasteiger partial charge in [-0.1, -0.05) is 23.4 Å². The maximum Gasteiger partial charge on any atom is 0.0849 e. The number of benzene rings is 1. The molecule has 2 aromatic rings. The highest BCUT2D eigenvalue weighted by Crippen LogP contribution is 2.37. The van der Waals surface area contributed by atoms with Gasteiger partial charge in [-0.2, -0.15) is 0 Å². The number of thioether (sulfide) groups is 1. The maximum atomic E-state index is 8.85. The molecular weight excluding hydrogens is 246 g/mol. The summed E-state index contributed by atoms with van der Waals surface area (Å²) >= 11 is 1.92. The first-order valence-corrected chi connectivity index (χ1v) is 6.97. The van der Waals surface area contributed by atoms with Crippen LogP contribution in [0.5, 0.6) is 0 Å². The minimum atomic E-state index is 0.127. The maximum absolute atomic E-state index is 8.85. The molecule has 0 spiro atoms. The van der Waals surface area contributed by atoms with Gasteiger partial charge in [0.2, 0.25) is 0 Å². The van der Waals surface area contributed by atoms with E-state index >= 15 is 0 Å². The average Bonchev–Trinajstić information content (AvgIpc) is 2.96. The van der Waals surface area contributed by atoms with Crippen LogP contribution in [0, 0.1) is 0 Å². The molecule has 0 saturated carbocycles. The lowest BCUT2D eigenvalue weighted by Gasteiger charge is -2.06. The molecule has 0 bridgehead atoms. The third kappa shape index (κ3) is 2.42. The van der Waals surface area contributed by atoms with Crippen LogP contribution in [0.3, 0.4) is 0 Å². The van der Waals surface area contributed by atoms with Gasteiger partial charge in [0.25, 0.3) is 0 Å². The first-order chi connectivity index (χ1) is 8.85. The summed E-state index contributed by atoms with van der Waals surface area (Å²) in [4.78, 5) is 1.39. The van der Waals surface area contributed by atoms with Gasteiger partial charge >= 0.3 is 0 Å². The van der Waals surface area contributed by atoms with Gasteiger partial charge in [-0.25, -0.2) is 0 Å². The zero-order chi connectivity index (χ0) is 12.4. The van der Waals surface area contributed by atoms with Crippen LogP contribution in [-0.4, -0.2) is 32.0 Å². The fourth-order valence-electron chi connectivity index (χ4n) is 2.22. The Morgan fingerprint density at radius 1 is 1.39 bits per heavy atom. The van der Waals surface area contributed by atoms with E-state index in [0.717, 1.165) is 18.7 Å². The van der Waals surface area contributed by atoms with Crippen LogP contribution in [0.1, 0.15) is 11.3 Å². The molecular formula is C13H15N3OS. The van der Waals surface area contributed by atoms with Gasteiger partial charge in [0.05, 0.1) is 12.2 Å². The molecule has 1 aromatic carbocycles. The van der Waals surface area contributed by atoms with Crippen molar-refractivity contribution in [2.75, 3.05) is 6.61 Å². The normalized spacial score (nSPS) is 17.9. The summed E-state index contributed by atoms with van der Waals surface area (Å²) in [6.07, 6.45) is 3.60. The summed E-state index contributed by atoms with van der Waals surface area (Å²) in [5.74, 6) is 0. The Balaban J connectivity index is 1.65. The number of aromatic nitrogens is 3. The van der Waals surface area contributed by atoms with E-state index < -0.39 is 0 Å². The first kappa shape index (κ1) is 11.7. The van der Waals surface area contributed by atoms with Crippen LogP contribution in [0.2, 0.25) is 0 Å². The largest absolute Gasteiger partial charge is 0.396 e. The number of rotatable bonds is 4. The predicted molar refractivity (Wildman–Crippen MR) is 70.6 cm³/mol.